The zero-order chi connectivity index (χ0) is 14.8. The van der Waals surface area contributed by atoms with E-state index >= 15 is 0 Å². The molecule has 20 heavy (non-hydrogen) atoms. The van der Waals surface area contributed by atoms with E-state index in [1.807, 2.05) is 6.92 Å². The molecule has 1 aliphatic carbocycles. The van der Waals surface area contributed by atoms with Gasteiger partial charge in [0.15, 0.2) is 0 Å². The van der Waals surface area contributed by atoms with Crippen LogP contribution < -0.4 is 5.32 Å². The molecule has 0 aliphatic heterocycles. The molecule has 2 N–H and O–H groups in total. The van der Waals surface area contributed by atoms with Crippen LogP contribution in [0.2, 0.25) is 0 Å². The van der Waals surface area contributed by atoms with Crippen LogP contribution in [0.25, 0.3) is 0 Å². The average molecular weight is 340 g/mol. The van der Waals surface area contributed by atoms with Gasteiger partial charge in [-0.25, -0.2) is 0 Å². The van der Waals surface area contributed by atoms with Crippen molar-refractivity contribution in [1.29, 1.82) is 0 Å². The van der Waals surface area contributed by atoms with E-state index in [9.17, 15) is 9.90 Å². The summed E-state index contributed by atoms with van der Waals surface area (Å²) in [5.41, 5.74) is 1.15. The molecule has 1 aromatic rings. The molecule has 2 rings (SSSR count). The lowest BCUT2D eigenvalue weighted by Crippen LogP contribution is -2.52. The number of hydrogen-bond acceptors (Lipinski definition) is 2. The molecular formula is C16H22BrNO2. The maximum Gasteiger partial charge on any atom is 0.251 e. The number of amides is 1. The Balaban J connectivity index is 2.11. The third-order valence-corrected chi connectivity index (χ3v) is 5.41. The van der Waals surface area contributed by atoms with Crippen molar-refractivity contribution < 1.29 is 9.90 Å². The van der Waals surface area contributed by atoms with Gasteiger partial charge in [-0.1, -0.05) is 28.9 Å². The summed E-state index contributed by atoms with van der Waals surface area (Å²) in [6.07, 6.45) is 4.29. The van der Waals surface area contributed by atoms with E-state index in [0.29, 0.717) is 5.56 Å². The minimum atomic E-state index is -0.149. The predicted octanol–water partition coefficient (Wildman–Crippen LogP) is 3.77. The lowest BCUT2D eigenvalue weighted by atomic mass is 9.78. The summed E-state index contributed by atoms with van der Waals surface area (Å²) in [5, 5.41) is 13.7. The first-order valence-corrected chi connectivity index (χ1v) is 8.26. The zero-order valence-electron chi connectivity index (χ0n) is 12.1. The Kier molecular flexibility index (Phi) is 4.74. The van der Waals surface area contributed by atoms with Crippen molar-refractivity contribution in [2.75, 3.05) is 5.33 Å². The van der Waals surface area contributed by atoms with Crippen LogP contribution in [0, 0.1) is 12.8 Å². The van der Waals surface area contributed by atoms with Crippen LogP contribution in [0.15, 0.2) is 18.2 Å². The number of aromatic hydroxyl groups is 1. The molecule has 0 bridgehead atoms. The molecule has 0 saturated heterocycles. The zero-order valence-corrected chi connectivity index (χ0v) is 13.7. The summed E-state index contributed by atoms with van der Waals surface area (Å²) >= 11 is 3.55. The molecule has 1 amide bonds. The summed E-state index contributed by atoms with van der Waals surface area (Å²) in [5.74, 6) is 0.805. The third kappa shape index (κ3) is 3.35. The summed E-state index contributed by atoms with van der Waals surface area (Å²) in [7, 11) is 0. The van der Waals surface area contributed by atoms with E-state index < -0.39 is 0 Å². The van der Waals surface area contributed by atoms with Gasteiger partial charge in [-0.15, -0.1) is 0 Å². The van der Waals surface area contributed by atoms with Crippen molar-refractivity contribution in [2.24, 2.45) is 5.92 Å². The predicted molar refractivity (Wildman–Crippen MR) is 84.5 cm³/mol. The van der Waals surface area contributed by atoms with Crippen LogP contribution in [0.5, 0.6) is 5.75 Å². The Morgan fingerprint density at radius 2 is 2.10 bits per heavy atom. The van der Waals surface area contributed by atoms with Crippen molar-refractivity contribution in [2.45, 2.75) is 45.1 Å². The quantitative estimate of drug-likeness (QED) is 0.823. The van der Waals surface area contributed by atoms with Gasteiger partial charge in [0.2, 0.25) is 0 Å². The molecule has 0 atom stereocenters. The standard InChI is InChI=1S/C16H22BrNO2/c1-11-5-7-16(10-17,8-6-11)18-15(20)13-4-3-12(2)14(19)9-13/h3-4,9,11,19H,5-8,10H2,1-2H3,(H,18,20). The highest BCUT2D eigenvalue weighted by Gasteiger charge is 2.34. The van der Waals surface area contributed by atoms with Crippen LogP contribution in [0.1, 0.15) is 48.5 Å². The van der Waals surface area contributed by atoms with Gasteiger partial charge in [-0.05, 0) is 56.2 Å². The molecule has 1 fully saturated rings. The van der Waals surface area contributed by atoms with Gasteiger partial charge in [-0.2, -0.15) is 0 Å². The van der Waals surface area contributed by atoms with Gasteiger partial charge in [-0.3, -0.25) is 4.79 Å². The Morgan fingerprint density at radius 1 is 1.45 bits per heavy atom. The molecule has 1 saturated carbocycles. The second kappa shape index (κ2) is 6.17. The normalized spacial score (nSPS) is 26.2. The molecule has 3 nitrogen and oxygen atoms in total. The van der Waals surface area contributed by atoms with Gasteiger partial charge in [0, 0.05) is 10.9 Å². The first-order valence-electron chi connectivity index (χ1n) is 7.14. The summed E-state index contributed by atoms with van der Waals surface area (Å²) in [6.45, 7) is 4.08. The topological polar surface area (TPSA) is 49.3 Å². The fraction of sp³-hybridized carbons (Fsp3) is 0.562. The largest absolute Gasteiger partial charge is 0.508 e. The Morgan fingerprint density at radius 3 is 2.65 bits per heavy atom. The monoisotopic (exact) mass is 339 g/mol. The lowest BCUT2D eigenvalue weighted by Gasteiger charge is -2.39. The van der Waals surface area contributed by atoms with Crippen molar-refractivity contribution in [1.82, 2.24) is 5.32 Å². The van der Waals surface area contributed by atoms with Gasteiger partial charge in [0.05, 0.1) is 5.54 Å². The molecule has 0 spiro atoms. The van der Waals surface area contributed by atoms with E-state index in [2.05, 4.69) is 28.2 Å². The molecule has 110 valence electrons. The number of carbonyl (C=O) groups excluding carboxylic acids is 1. The second-order valence-corrected chi connectivity index (χ2v) is 6.61. The molecule has 1 aliphatic rings. The number of hydrogen-bond donors (Lipinski definition) is 2. The molecule has 0 heterocycles. The van der Waals surface area contributed by atoms with Gasteiger partial charge < -0.3 is 10.4 Å². The van der Waals surface area contributed by atoms with Gasteiger partial charge in [0.1, 0.15) is 5.75 Å². The highest BCUT2D eigenvalue weighted by Crippen LogP contribution is 2.33. The van der Waals surface area contributed by atoms with E-state index in [4.69, 9.17) is 0 Å². The number of phenolic OH excluding ortho intramolecular Hbond substituents is 1. The molecule has 0 aromatic heterocycles. The molecular weight excluding hydrogens is 318 g/mol. The van der Waals surface area contributed by atoms with Gasteiger partial charge >= 0.3 is 0 Å². The van der Waals surface area contributed by atoms with Crippen LogP contribution in [-0.2, 0) is 0 Å². The molecule has 4 heteroatoms. The Hall–Kier alpha value is -1.03. The first kappa shape index (κ1) is 15.4. The molecule has 1 aromatic carbocycles. The van der Waals surface area contributed by atoms with Crippen LogP contribution in [0.4, 0.5) is 0 Å². The smallest absolute Gasteiger partial charge is 0.251 e. The van der Waals surface area contributed by atoms with Gasteiger partial charge in [0.25, 0.3) is 5.91 Å². The summed E-state index contributed by atoms with van der Waals surface area (Å²) in [4.78, 5) is 12.4. The van der Waals surface area contributed by atoms with Crippen molar-refractivity contribution in [3.05, 3.63) is 29.3 Å². The van der Waals surface area contributed by atoms with Crippen molar-refractivity contribution in [3.8, 4) is 5.75 Å². The SMILES string of the molecule is Cc1ccc(C(=O)NC2(CBr)CCC(C)CC2)cc1O. The number of benzene rings is 1. The number of halogens is 1. The van der Waals surface area contributed by atoms with E-state index in [1.165, 1.54) is 6.07 Å². The van der Waals surface area contributed by atoms with Crippen LogP contribution in [0.3, 0.4) is 0 Å². The summed E-state index contributed by atoms with van der Waals surface area (Å²) in [6, 6.07) is 5.07. The van der Waals surface area contributed by atoms with E-state index in [1.54, 1.807) is 12.1 Å². The maximum atomic E-state index is 12.4. The minimum absolute atomic E-state index is 0.102. The number of rotatable bonds is 3. The third-order valence-electron chi connectivity index (χ3n) is 4.34. The van der Waals surface area contributed by atoms with Crippen LogP contribution >= 0.6 is 15.9 Å². The molecule has 0 unspecified atom stereocenters. The summed E-state index contributed by atoms with van der Waals surface area (Å²) < 4.78 is 0. The van der Waals surface area contributed by atoms with E-state index in [-0.39, 0.29) is 17.2 Å². The lowest BCUT2D eigenvalue weighted by molar-refractivity contribution is 0.0874. The number of alkyl halides is 1. The fourth-order valence-corrected chi connectivity index (χ4v) is 3.37. The number of carbonyl (C=O) groups is 1. The highest BCUT2D eigenvalue weighted by molar-refractivity contribution is 9.09. The Bertz CT molecular complexity index is 493. The average Bonchev–Trinajstić information content (AvgIpc) is 2.44. The van der Waals surface area contributed by atoms with E-state index in [0.717, 1.165) is 42.5 Å². The van der Waals surface area contributed by atoms with Crippen molar-refractivity contribution in [3.63, 3.8) is 0 Å². The minimum Gasteiger partial charge on any atom is -0.508 e. The molecule has 0 radical (unpaired) electrons. The Labute approximate surface area is 128 Å². The maximum absolute atomic E-state index is 12.4. The highest BCUT2D eigenvalue weighted by atomic mass is 79.9. The second-order valence-electron chi connectivity index (χ2n) is 6.05. The number of aryl methyl sites for hydroxylation is 1. The first-order chi connectivity index (χ1) is 9.46. The number of phenols is 1. The van der Waals surface area contributed by atoms with Crippen molar-refractivity contribution >= 4 is 21.8 Å². The number of nitrogens with one attached hydrogen (secondary N) is 1. The fourth-order valence-electron chi connectivity index (χ4n) is 2.67. The van der Waals surface area contributed by atoms with Crippen LogP contribution in [-0.4, -0.2) is 21.9 Å².